The van der Waals surface area contributed by atoms with Crippen molar-refractivity contribution in [2.24, 2.45) is 0 Å². The van der Waals surface area contributed by atoms with Gasteiger partial charge < -0.3 is 15.0 Å². The summed E-state index contributed by atoms with van der Waals surface area (Å²) < 4.78 is 32.5. The highest BCUT2D eigenvalue weighted by atomic mass is 32.1. The maximum Gasteiger partial charge on any atom is 0.338 e. The smallest absolute Gasteiger partial charge is 0.338 e. The number of hydrogen-bond donors (Lipinski definition) is 1. The van der Waals surface area contributed by atoms with Crippen molar-refractivity contribution in [3.8, 4) is 0 Å². The Morgan fingerprint density at radius 2 is 1.68 bits per heavy atom. The van der Waals surface area contributed by atoms with Crippen LogP contribution in [0.1, 0.15) is 29.3 Å². The highest BCUT2D eigenvalue weighted by molar-refractivity contribution is 7.80. The molecule has 3 aromatic carbocycles. The number of carbonyl (C=O) groups excluding carboxylic acids is 3. The molecule has 2 amide bonds. The first kappa shape index (κ1) is 26.9. The lowest BCUT2D eigenvalue weighted by Crippen LogP contribution is -2.39. The number of halogens is 2. The lowest BCUT2D eigenvalue weighted by Gasteiger charge is -2.24. The summed E-state index contributed by atoms with van der Waals surface area (Å²) in [6, 6.07) is 16.8. The Morgan fingerprint density at radius 1 is 1.00 bits per heavy atom. The summed E-state index contributed by atoms with van der Waals surface area (Å²) >= 11 is 5.64. The standard InChI is InChI=1S/C28H25F2N3O4S/c1-2-37-27(36)19-7-13-22(14-8-19)33-26(35)24(17-25(34)31-21-11-9-20(29)10-12-21)32(28(33)38)16-15-18-5-3-4-6-23(18)30/h3-14,24H,2,15-17H2,1H3,(H,31,34). The van der Waals surface area contributed by atoms with Crippen LogP contribution in [0.2, 0.25) is 0 Å². The third-order valence-corrected chi connectivity index (χ3v) is 6.46. The number of rotatable bonds is 9. The monoisotopic (exact) mass is 537 g/mol. The van der Waals surface area contributed by atoms with Crippen molar-refractivity contribution in [2.45, 2.75) is 25.8 Å². The van der Waals surface area contributed by atoms with Gasteiger partial charge >= 0.3 is 5.97 Å². The van der Waals surface area contributed by atoms with Gasteiger partial charge in [-0.25, -0.2) is 13.6 Å². The fourth-order valence-electron chi connectivity index (χ4n) is 4.15. The molecule has 0 aliphatic carbocycles. The molecule has 4 rings (SSSR count). The summed E-state index contributed by atoms with van der Waals surface area (Å²) in [6.45, 7) is 2.13. The minimum Gasteiger partial charge on any atom is -0.462 e. The molecule has 0 aromatic heterocycles. The predicted molar refractivity (Wildman–Crippen MR) is 143 cm³/mol. The Kier molecular flexibility index (Phi) is 8.42. The Bertz CT molecular complexity index is 1350. The minimum atomic E-state index is -0.945. The van der Waals surface area contributed by atoms with Gasteiger partial charge in [0, 0.05) is 12.2 Å². The van der Waals surface area contributed by atoms with E-state index in [4.69, 9.17) is 17.0 Å². The van der Waals surface area contributed by atoms with Gasteiger partial charge in [0.2, 0.25) is 5.91 Å². The van der Waals surface area contributed by atoms with Crippen LogP contribution in [0.3, 0.4) is 0 Å². The minimum absolute atomic E-state index is 0.162. The van der Waals surface area contributed by atoms with Crippen LogP contribution in [0.4, 0.5) is 20.2 Å². The van der Waals surface area contributed by atoms with E-state index in [1.165, 1.54) is 47.4 Å². The van der Waals surface area contributed by atoms with Gasteiger partial charge in [-0.1, -0.05) is 18.2 Å². The van der Waals surface area contributed by atoms with E-state index in [2.05, 4.69) is 5.32 Å². The number of nitrogens with one attached hydrogen (secondary N) is 1. The molecule has 1 aliphatic rings. The highest BCUT2D eigenvalue weighted by Crippen LogP contribution is 2.28. The zero-order valence-electron chi connectivity index (χ0n) is 20.5. The average molecular weight is 538 g/mol. The van der Waals surface area contributed by atoms with Crippen molar-refractivity contribution in [1.29, 1.82) is 0 Å². The van der Waals surface area contributed by atoms with E-state index in [9.17, 15) is 23.2 Å². The van der Waals surface area contributed by atoms with Gasteiger partial charge in [-0.05, 0) is 85.7 Å². The summed E-state index contributed by atoms with van der Waals surface area (Å²) in [5, 5.41) is 2.83. The molecule has 0 spiro atoms. The number of ether oxygens (including phenoxy) is 1. The second-order valence-corrected chi connectivity index (χ2v) is 8.90. The first-order valence-corrected chi connectivity index (χ1v) is 12.4. The molecule has 1 fully saturated rings. The number of thiocarbonyl (C=S) groups is 1. The first-order chi connectivity index (χ1) is 18.3. The van der Waals surface area contributed by atoms with Crippen molar-refractivity contribution in [3.63, 3.8) is 0 Å². The fourth-order valence-corrected chi connectivity index (χ4v) is 4.56. The molecule has 3 aromatic rings. The van der Waals surface area contributed by atoms with Gasteiger partial charge in [0.1, 0.15) is 17.7 Å². The van der Waals surface area contributed by atoms with Crippen LogP contribution in [-0.4, -0.2) is 47.0 Å². The van der Waals surface area contributed by atoms with Gasteiger partial charge in [-0.3, -0.25) is 14.5 Å². The van der Waals surface area contributed by atoms with Crippen LogP contribution in [0, 0.1) is 11.6 Å². The van der Waals surface area contributed by atoms with E-state index in [0.29, 0.717) is 22.5 Å². The number of hydrogen-bond acceptors (Lipinski definition) is 5. The van der Waals surface area contributed by atoms with E-state index in [-0.39, 0.29) is 36.9 Å². The van der Waals surface area contributed by atoms with E-state index < -0.39 is 29.6 Å². The number of esters is 1. The lowest BCUT2D eigenvalue weighted by molar-refractivity contribution is -0.124. The zero-order valence-corrected chi connectivity index (χ0v) is 21.3. The first-order valence-electron chi connectivity index (χ1n) is 12.0. The third-order valence-electron chi connectivity index (χ3n) is 6.04. The van der Waals surface area contributed by atoms with Crippen LogP contribution in [-0.2, 0) is 20.7 Å². The molecule has 1 heterocycles. The summed E-state index contributed by atoms with van der Waals surface area (Å²) in [4.78, 5) is 41.3. The van der Waals surface area contributed by atoms with E-state index in [1.54, 1.807) is 42.2 Å². The van der Waals surface area contributed by atoms with Crippen molar-refractivity contribution in [1.82, 2.24) is 4.90 Å². The molecule has 38 heavy (non-hydrogen) atoms. The molecule has 7 nitrogen and oxygen atoms in total. The lowest BCUT2D eigenvalue weighted by atomic mass is 10.1. The van der Waals surface area contributed by atoms with Crippen LogP contribution < -0.4 is 10.2 Å². The third kappa shape index (κ3) is 6.03. The second kappa shape index (κ2) is 11.9. The van der Waals surface area contributed by atoms with Gasteiger partial charge in [-0.15, -0.1) is 0 Å². The quantitative estimate of drug-likeness (QED) is 0.315. The molecule has 1 N–H and O–H groups in total. The van der Waals surface area contributed by atoms with E-state index in [0.717, 1.165) is 0 Å². The average Bonchev–Trinajstić information content (AvgIpc) is 3.13. The molecule has 1 aliphatic heterocycles. The molecule has 1 unspecified atom stereocenters. The second-order valence-electron chi connectivity index (χ2n) is 8.53. The van der Waals surface area contributed by atoms with Gasteiger partial charge in [0.25, 0.3) is 5.91 Å². The van der Waals surface area contributed by atoms with Crippen molar-refractivity contribution < 1.29 is 27.9 Å². The van der Waals surface area contributed by atoms with Crippen LogP contribution >= 0.6 is 12.2 Å². The summed E-state index contributed by atoms with van der Waals surface area (Å²) in [5.74, 6) is -2.20. The summed E-state index contributed by atoms with van der Waals surface area (Å²) in [6.07, 6.45) is 0.0246. The molecule has 0 saturated carbocycles. The Morgan fingerprint density at radius 3 is 2.34 bits per heavy atom. The fraction of sp³-hybridized carbons (Fsp3) is 0.214. The van der Waals surface area contributed by atoms with E-state index >= 15 is 0 Å². The maximum absolute atomic E-state index is 14.3. The molecule has 1 atom stereocenters. The van der Waals surface area contributed by atoms with Gasteiger partial charge in [-0.2, -0.15) is 0 Å². The van der Waals surface area contributed by atoms with E-state index in [1.807, 2.05) is 0 Å². The number of carbonyl (C=O) groups is 3. The molecule has 10 heteroatoms. The molecular formula is C28H25F2N3O4S. The van der Waals surface area contributed by atoms with Crippen LogP contribution in [0.25, 0.3) is 0 Å². The normalized spacial score (nSPS) is 15.1. The van der Waals surface area contributed by atoms with Crippen molar-refractivity contribution in [2.75, 3.05) is 23.4 Å². The van der Waals surface area contributed by atoms with Crippen molar-refractivity contribution in [3.05, 3.63) is 95.6 Å². The predicted octanol–water partition coefficient (Wildman–Crippen LogP) is 4.72. The summed E-state index contributed by atoms with van der Waals surface area (Å²) in [7, 11) is 0. The largest absolute Gasteiger partial charge is 0.462 e. The van der Waals surface area contributed by atoms with Gasteiger partial charge in [0.05, 0.1) is 24.3 Å². The number of amides is 2. The molecule has 0 radical (unpaired) electrons. The number of anilines is 2. The van der Waals surface area contributed by atoms with Crippen molar-refractivity contribution >= 4 is 46.5 Å². The molecule has 196 valence electrons. The Balaban J connectivity index is 1.57. The zero-order chi connectivity index (χ0) is 27.2. The Hall–Kier alpha value is -4.18. The highest BCUT2D eigenvalue weighted by Gasteiger charge is 2.44. The molecular weight excluding hydrogens is 512 g/mol. The van der Waals surface area contributed by atoms with Gasteiger partial charge in [0.15, 0.2) is 5.11 Å². The Labute approximate surface area is 224 Å². The SMILES string of the molecule is CCOC(=O)c1ccc(N2C(=O)C(CC(=O)Nc3ccc(F)cc3)N(CCc3ccccc3F)C2=S)cc1. The molecule has 1 saturated heterocycles. The molecule has 0 bridgehead atoms. The number of nitrogens with zero attached hydrogens (tertiary/aromatic N) is 2. The topological polar surface area (TPSA) is 78.9 Å². The number of benzene rings is 3. The maximum atomic E-state index is 14.3. The summed E-state index contributed by atoms with van der Waals surface area (Å²) in [5.41, 5.74) is 1.58. The van der Waals surface area contributed by atoms with Crippen LogP contribution in [0.15, 0.2) is 72.8 Å². The van der Waals surface area contributed by atoms with Crippen LogP contribution in [0.5, 0.6) is 0 Å².